The Kier molecular flexibility index (Phi) is 9.27. The van der Waals surface area contributed by atoms with Gasteiger partial charge in [0.25, 0.3) is 0 Å². The Morgan fingerprint density at radius 1 is 1.08 bits per heavy atom. The quantitative estimate of drug-likeness (QED) is 0.165. The van der Waals surface area contributed by atoms with Gasteiger partial charge in [0.15, 0.2) is 0 Å². The molecule has 1 saturated carbocycles. The van der Waals surface area contributed by atoms with Gasteiger partial charge in [0.05, 0.1) is 30.6 Å². The number of para-hydroxylation sites is 1. The van der Waals surface area contributed by atoms with Gasteiger partial charge in [0.1, 0.15) is 41.0 Å². The maximum atomic E-state index is 14.7. The summed E-state index contributed by atoms with van der Waals surface area (Å²) in [5, 5.41) is 16.5. The summed E-state index contributed by atoms with van der Waals surface area (Å²) in [5.41, 5.74) is 0.846. The Morgan fingerprint density at radius 2 is 1.82 bits per heavy atom. The molecule has 0 bridgehead atoms. The van der Waals surface area contributed by atoms with Crippen molar-refractivity contribution in [2.24, 2.45) is 11.8 Å². The summed E-state index contributed by atoms with van der Waals surface area (Å²) in [5.74, 6) is -2.31. The van der Waals surface area contributed by atoms with Crippen LogP contribution in [0.15, 0.2) is 91.5 Å². The molecule has 0 radical (unpaired) electrons. The first kappa shape index (κ1) is 33.5. The predicted octanol–water partition coefficient (Wildman–Crippen LogP) is 5.68. The van der Waals surface area contributed by atoms with E-state index in [4.69, 9.17) is 14.5 Å². The van der Waals surface area contributed by atoms with E-state index in [1.165, 1.54) is 17.0 Å². The van der Waals surface area contributed by atoms with Gasteiger partial charge in [0.2, 0.25) is 11.8 Å². The largest absolute Gasteiger partial charge is 0.497 e. The Morgan fingerprint density at radius 3 is 2.47 bits per heavy atom. The van der Waals surface area contributed by atoms with Crippen molar-refractivity contribution in [1.29, 1.82) is 0 Å². The van der Waals surface area contributed by atoms with E-state index < -0.39 is 53.2 Å². The van der Waals surface area contributed by atoms with Gasteiger partial charge in [-0.3, -0.25) is 9.59 Å². The normalized spacial score (nSPS) is 22.0. The number of likely N-dealkylation sites (tertiary alicyclic amines) is 1. The number of carboxylic acid groups (broad SMARTS) is 1. The van der Waals surface area contributed by atoms with Crippen LogP contribution in [0.4, 0.5) is 10.1 Å². The molecule has 3 aromatic carbocycles. The van der Waals surface area contributed by atoms with E-state index in [2.05, 4.69) is 17.2 Å². The standard InChI is InChI=1S/C38H39FN4O6/c1-5-24-20-38(24,37(46)47)42-35(44)32-18-26(21-43(32)36(45)34(22(2)3)41-29-14-10-9-13-28(29)39)49-33-19-30(23-11-7-6-8-12-23)40-31-17-25(48-4)15-16-27(31)33/h5-17,19,22,24,26,32,34,41H,1,18,20-21H2,2-4H3,(H,42,44)(H,46,47)/t24-,26+,32-,34-,38?/m0/s1. The number of carbonyl (C=O) groups excluding carboxylic acids is 2. The molecule has 5 atom stereocenters. The summed E-state index contributed by atoms with van der Waals surface area (Å²) < 4.78 is 26.8. The van der Waals surface area contributed by atoms with Crippen LogP contribution in [-0.4, -0.2) is 70.2 Å². The zero-order valence-electron chi connectivity index (χ0n) is 27.6. The van der Waals surface area contributed by atoms with Gasteiger partial charge in [-0.2, -0.15) is 0 Å². The van der Waals surface area contributed by atoms with Gasteiger partial charge in [0, 0.05) is 35.4 Å². The fourth-order valence-corrected chi connectivity index (χ4v) is 6.47. The molecule has 10 nitrogen and oxygen atoms in total. The minimum absolute atomic E-state index is 0.0324. The topological polar surface area (TPSA) is 130 Å². The molecule has 254 valence electrons. The number of carboxylic acids is 1. The number of methoxy groups -OCH3 is 1. The number of halogens is 1. The molecule has 1 unspecified atom stereocenters. The Balaban J connectivity index is 1.35. The number of nitrogens with one attached hydrogen (secondary N) is 2. The summed E-state index contributed by atoms with van der Waals surface area (Å²) in [6.45, 7) is 7.40. The number of aromatic nitrogens is 1. The van der Waals surface area contributed by atoms with Crippen molar-refractivity contribution in [3.63, 3.8) is 0 Å². The van der Waals surface area contributed by atoms with E-state index in [1.807, 2.05) is 62.4 Å². The maximum absolute atomic E-state index is 14.7. The Labute approximate surface area is 283 Å². The number of carbonyl (C=O) groups is 3. The highest BCUT2D eigenvalue weighted by Gasteiger charge is 2.61. The van der Waals surface area contributed by atoms with Crippen molar-refractivity contribution in [3.8, 4) is 22.8 Å². The van der Waals surface area contributed by atoms with Crippen LogP contribution < -0.4 is 20.1 Å². The van der Waals surface area contributed by atoms with Crippen molar-refractivity contribution in [2.45, 2.75) is 50.4 Å². The third-order valence-electron chi connectivity index (χ3n) is 9.34. The van der Waals surface area contributed by atoms with Crippen LogP contribution in [0.2, 0.25) is 0 Å². The van der Waals surface area contributed by atoms with Crippen molar-refractivity contribution in [1.82, 2.24) is 15.2 Å². The lowest BCUT2D eigenvalue weighted by atomic mass is 10.0. The first-order valence-corrected chi connectivity index (χ1v) is 16.2. The van der Waals surface area contributed by atoms with E-state index >= 15 is 0 Å². The van der Waals surface area contributed by atoms with E-state index in [1.54, 1.807) is 31.4 Å². The number of ether oxygens (including phenoxy) is 2. The van der Waals surface area contributed by atoms with Crippen LogP contribution in [0.1, 0.15) is 26.7 Å². The lowest BCUT2D eigenvalue weighted by Gasteiger charge is -2.31. The van der Waals surface area contributed by atoms with Crippen molar-refractivity contribution in [3.05, 3.63) is 97.3 Å². The minimum Gasteiger partial charge on any atom is -0.497 e. The molecule has 2 aliphatic rings. The number of aliphatic carboxylic acids is 1. The molecule has 11 heteroatoms. The van der Waals surface area contributed by atoms with E-state index in [0.717, 1.165) is 5.56 Å². The molecule has 49 heavy (non-hydrogen) atoms. The summed E-state index contributed by atoms with van der Waals surface area (Å²) >= 11 is 0. The number of pyridine rings is 1. The molecule has 1 aromatic heterocycles. The lowest BCUT2D eigenvalue weighted by Crippen LogP contribution is -2.55. The fourth-order valence-electron chi connectivity index (χ4n) is 6.47. The number of fused-ring (bicyclic) bond motifs is 1. The Bertz CT molecular complexity index is 1900. The zero-order valence-corrected chi connectivity index (χ0v) is 27.6. The molecular formula is C38H39FN4O6. The van der Waals surface area contributed by atoms with Gasteiger partial charge >= 0.3 is 5.97 Å². The van der Waals surface area contributed by atoms with Crippen molar-refractivity contribution >= 4 is 34.4 Å². The number of hydrogen-bond acceptors (Lipinski definition) is 7. The van der Waals surface area contributed by atoms with E-state index in [-0.39, 0.29) is 31.0 Å². The second-order valence-corrected chi connectivity index (χ2v) is 12.9. The fraction of sp³-hybridized carbons (Fsp3) is 0.316. The number of hydrogen-bond donors (Lipinski definition) is 3. The second-order valence-electron chi connectivity index (χ2n) is 12.9. The van der Waals surface area contributed by atoms with Gasteiger partial charge in [-0.15, -0.1) is 6.58 Å². The second kappa shape index (κ2) is 13.6. The van der Waals surface area contributed by atoms with Crippen molar-refractivity contribution in [2.75, 3.05) is 19.0 Å². The average molecular weight is 667 g/mol. The molecule has 1 aliphatic heterocycles. The van der Waals surface area contributed by atoms with Crippen LogP contribution in [-0.2, 0) is 14.4 Å². The smallest absolute Gasteiger partial charge is 0.330 e. The first-order valence-electron chi connectivity index (χ1n) is 16.2. The Hall–Kier alpha value is -5.45. The van der Waals surface area contributed by atoms with Crippen LogP contribution >= 0.6 is 0 Å². The lowest BCUT2D eigenvalue weighted by molar-refractivity contribution is -0.145. The maximum Gasteiger partial charge on any atom is 0.330 e. The van der Waals surface area contributed by atoms with Gasteiger partial charge in [-0.1, -0.05) is 62.4 Å². The van der Waals surface area contributed by atoms with Gasteiger partial charge in [-0.25, -0.2) is 14.2 Å². The molecule has 4 aromatic rings. The van der Waals surface area contributed by atoms with Crippen molar-refractivity contribution < 1.29 is 33.4 Å². The zero-order chi connectivity index (χ0) is 34.9. The van der Waals surface area contributed by atoms with E-state index in [0.29, 0.717) is 28.1 Å². The number of benzene rings is 3. The van der Waals surface area contributed by atoms with E-state index in [9.17, 15) is 23.9 Å². The summed E-state index contributed by atoms with van der Waals surface area (Å²) in [7, 11) is 1.58. The molecule has 6 rings (SSSR count). The summed E-state index contributed by atoms with van der Waals surface area (Å²) in [6.07, 6.45) is 1.17. The average Bonchev–Trinajstić information content (AvgIpc) is 3.66. The number of nitrogens with zero attached hydrogens (tertiary/aromatic N) is 2. The molecule has 0 spiro atoms. The predicted molar refractivity (Wildman–Crippen MR) is 184 cm³/mol. The molecule has 2 fully saturated rings. The number of rotatable bonds is 12. The molecule has 1 aliphatic carbocycles. The van der Waals surface area contributed by atoms with Crippen LogP contribution in [0.3, 0.4) is 0 Å². The molecular weight excluding hydrogens is 627 g/mol. The molecule has 1 saturated heterocycles. The monoisotopic (exact) mass is 666 g/mol. The number of anilines is 1. The SMILES string of the molecule is C=C[C@H]1CC1(NC(=O)[C@@H]1C[C@@H](Oc2cc(-c3ccccc3)nc3cc(OC)ccc23)CN1C(=O)[C@@H](Nc1ccccc1F)C(C)C)C(=O)O. The first-order chi connectivity index (χ1) is 23.5. The third kappa shape index (κ3) is 6.65. The minimum atomic E-state index is -1.49. The number of amides is 2. The van der Waals surface area contributed by atoms with Crippen LogP contribution in [0, 0.1) is 17.7 Å². The highest BCUT2D eigenvalue weighted by atomic mass is 19.1. The highest BCUT2D eigenvalue weighted by Crippen LogP contribution is 2.45. The third-order valence-corrected chi connectivity index (χ3v) is 9.34. The highest BCUT2D eigenvalue weighted by molar-refractivity contribution is 5.96. The molecule has 2 amide bonds. The van der Waals surface area contributed by atoms with Gasteiger partial charge in [-0.05, 0) is 36.6 Å². The molecule has 3 N–H and O–H groups in total. The molecule has 2 heterocycles. The van der Waals surface area contributed by atoms with Crippen LogP contribution in [0.25, 0.3) is 22.2 Å². The van der Waals surface area contributed by atoms with Gasteiger partial charge < -0.3 is 30.1 Å². The summed E-state index contributed by atoms with van der Waals surface area (Å²) in [6, 6.07) is 21.1. The summed E-state index contributed by atoms with van der Waals surface area (Å²) in [4.78, 5) is 46.8. The van der Waals surface area contributed by atoms with Crippen LogP contribution in [0.5, 0.6) is 11.5 Å².